The molecular weight excluding hydrogens is 362 g/mol. The van der Waals surface area contributed by atoms with Crippen LogP contribution in [-0.2, 0) is 13.7 Å². The molecule has 0 saturated carbocycles. The number of rotatable bonds is 4. The molecule has 1 heterocycles. The summed E-state index contributed by atoms with van der Waals surface area (Å²) in [5.74, 6) is 0.238. The molecule has 0 aliphatic heterocycles. The maximum absolute atomic E-state index is 11.1. The highest BCUT2D eigenvalue weighted by atomic mass is 79.9. The van der Waals surface area contributed by atoms with Crippen LogP contribution < -0.4 is 4.74 Å². The van der Waals surface area contributed by atoms with Gasteiger partial charge in [0.15, 0.2) is 5.75 Å². The number of nitrogens with zero attached hydrogens (tertiary/aromatic N) is 3. The van der Waals surface area contributed by atoms with Gasteiger partial charge in [0.05, 0.1) is 10.6 Å². The number of ether oxygens (including phenoxy) is 1. The van der Waals surface area contributed by atoms with Gasteiger partial charge in [0.1, 0.15) is 11.8 Å². The first-order chi connectivity index (χ1) is 9.81. The first kappa shape index (κ1) is 15.8. The quantitative estimate of drug-likeness (QED) is 0.600. The molecular formula is C13H13BrClN3O3. The summed E-state index contributed by atoms with van der Waals surface area (Å²) in [6, 6.07) is 3.18. The van der Waals surface area contributed by atoms with E-state index in [1.165, 1.54) is 6.07 Å². The van der Waals surface area contributed by atoms with E-state index < -0.39 is 4.92 Å². The van der Waals surface area contributed by atoms with Crippen molar-refractivity contribution in [2.24, 2.45) is 7.05 Å². The molecule has 0 aliphatic rings. The van der Waals surface area contributed by atoms with Crippen LogP contribution in [0.2, 0.25) is 5.15 Å². The van der Waals surface area contributed by atoms with E-state index in [2.05, 4.69) is 21.0 Å². The molecule has 0 N–H and O–H groups in total. The summed E-state index contributed by atoms with van der Waals surface area (Å²) in [5.41, 5.74) is 2.05. The minimum atomic E-state index is -0.467. The zero-order valence-corrected chi connectivity index (χ0v) is 14.0. The number of halogens is 2. The lowest BCUT2D eigenvalue weighted by atomic mass is 10.2. The van der Waals surface area contributed by atoms with Crippen LogP contribution in [0.25, 0.3) is 0 Å². The Balaban J connectivity index is 2.34. The third-order valence-corrected chi connectivity index (χ3v) is 3.98. The van der Waals surface area contributed by atoms with Crippen molar-refractivity contribution in [3.05, 3.63) is 48.7 Å². The number of nitro benzene ring substituents is 1. The molecule has 0 unspecified atom stereocenters. The Morgan fingerprint density at radius 2 is 2.14 bits per heavy atom. The number of nitro groups is 1. The van der Waals surface area contributed by atoms with Gasteiger partial charge < -0.3 is 4.74 Å². The summed E-state index contributed by atoms with van der Waals surface area (Å²) in [6.45, 7) is 3.69. The Bertz CT molecular complexity index is 715. The molecule has 21 heavy (non-hydrogen) atoms. The lowest BCUT2D eigenvalue weighted by molar-refractivity contribution is -0.386. The van der Waals surface area contributed by atoms with E-state index in [1.54, 1.807) is 24.7 Å². The van der Waals surface area contributed by atoms with Crippen molar-refractivity contribution in [2.75, 3.05) is 0 Å². The van der Waals surface area contributed by atoms with E-state index in [9.17, 15) is 10.1 Å². The third-order valence-electron chi connectivity index (χ3n) is 3.05. The van der Waals surface area contributed by atoms with E-state index in [0.717, 1.165) is 11.3 Å². The van der Waals surface area contributed by atoms with Gasteiger partial charge in [-0.3, -0.25) is 14.8 Å². The number of hydrogen-bond acceptors (Lipinski definition) is 4. The van der Waals surface area contributed by atoms with Crippen LogP contribution in [0.1, 0.15) is 16.8 Å². The highest BCUT2D eigenvalue weighted by molar-refractivity contribution is 9.10. The van der Waals surface area contributed by atoms with Crippen molar-refractivity contribution in [1.29, 1.82) is 0 Å². The van der Waals surface area contributed by atoms with Crippen LogP contribution in [0.4, 0.5) is 5.69 Å². The van der Waals surface area contributed by atoms with Crippen LogP contribution in [0.15, 0.2) is 16.6 Å². The topological polar surface area (TPSA) is 70.2 Å². The summed E-state index contributed by atoms with van der Waals surface area (Å²) < 4.78 is 7.82. The van der Waals surface area contributed by atoms with Crippen molar-refractivity contribution in [1.82, 2.24) is 9.78 Å². The van der Waals surface area contributed by atoms with Gasteiger partial charge in [-0.25, -0.2) is 0 Å². The maximum atomic E-state index is 11.1. The van der Waals surface area contributed by atoms with Crippen LogP contribution >= 0.6 is 27.5 Å². The molecule has 8 heteroatoms. The van der Waals surface area contributed by atoms with Crippen molar-refractivity contribution >= 4 is 33.2 Å². The van der Waals surface area contributed by atoms with Crippen molar-refractivity contribution in [3.8, 4) is 5.75 Å². The summed E-state index contributed by atoms with van der Waals surface area (Å²) in [4.78, 5) is 10.7. The van der Waals surface area contributed by atoms with Gasteiger partial charge in [0.2, 0.25) is 0 Å². The van der Waals surface area contributed by atoms with E-state index in [1.807, 2.05) is 6.92 Å². The number of benzene rings is 1. The lowest BCUT2D eigenvalue weighted by Crippen LogP contribution is -2.02. The Kier molecular flexibility index (Phi) is 4.53. The molecule has 0 fully saturated rings. The Morgan fingerprint density at radius 1 is 1.48 bits per heavy atom. The van der Waals surface area contributed by atoms with Gasteiger partial charge >= 0.3 is 5.69 Å². The summed E-state index contributed by atoms with van der Waals surface area (Å²) in [6.07, 6.45) is 0. The van der Waals surface area contributed by atoms with Crippen molar-refractivity contribution < 1.29 is 9.66 Å². The molecule has 112 valence electrons. The van der Waals surface area contributed by atoms with Crippen LogP contribution in [0.5, 0.6) is 5.75 Å². The summed E-state index contributed by atoms with van der Waals surface area (Å²) in [5, 5.41) is 15.8. The van der Waals surface area contributed by atoms with Gasteiger partial charge in [-0.05, 0) is 25.5 Å². The molecule has 0 atom stereocenters. The molecule has 2 rings (SSSR count). The second-order valence-corrected chi connectivity index (χ2v) is 5.87. The Hall–Kier alpha value is -1.60. The fourth-order valence-electron chi connectivity index (χ4n) is 2.02. The van der Waals surface area contributed by atoms with E-state index in [4.69, 9.17) is 16.3 Å². The molecule has 0 saturated heterocycles. The fourth-order valence-corrected chi connectivity index (χ4v) is 2.81. The van der Waals surface area contributed by atoms with Gasteiger partial charge in [0, 0.05) is 23.2 Å². The molecule has 0 spiro atoms. The number of hydrogen-bond donors (Lipinski definition) is 0. The predicted molar refractivity (Wildman–Crippen MR) is 82.8 cm³/mol. The summed E-state index contributed by atoms with van der Waals surface area (Å²) in [7, 11) is 1.73. The standard InChI is InChI=1S/C13H13BrClN3O3/c1-7-4-9(14)5-11(18(19)20)12(7)21-6-10-8(2)16-17(3)13(10)15/h4-5H,6H2,1-3H3. The monoisotopic (exact) mass is 373 g/mol. The van der Waals surface area contributed by atoms with Crippen LogP contribution in [-0.4, -0.2) is 14.7 Å². The molecule has 0 aliphatic carbocycles. The fraction of sp³-hybridized carbons (Fsp3) is 0.308. The van der Waals surface area contributed by atoms with Crippen molar-refractivity contribution in [3.63, 3.8) is 0 Å². The average molecular weight is 375 g/mol. The first-order valence-corrected chi connectivity index (χ1v) is 7.23. The Morgan fingerprint density at radius 3 is 2.67 bits per heavy atom. The molecule has 6 nitrogen and oxygen atoms in total. The minimum Gasteiger partial charge on any atom is -0.482 e. The SMILES string of the molecule is Cc1cc(Br)cc([N+](=O)[O-])c1OCc1c(C)nn(C)c1Cl. The zero-order valence-electron chi connectivity index (χ0n) is 11.7. The number of aromatic nitrogens is 2. The van der Waals surface area contributed by atoms with Crippen molar-refractivity contribution in [2.45, 2.75) is 20.5 Å². The smallest absolute Gasteiger partial charge is 0.312 e. The molecule has 0 bridgehead atoms. The van der Waals surface area contributed by atoms with E-state index in [-0.39, 0.29) is 18.0 Å². The largest absolute Gasteiger partial charge is 0.482 e. The number of aryl methyl sites for hydroxylation is 3. The van der Waals surface area contributed by atoms with Gasteiger partial charge in [-0.15, -0.1) is 0 Å². The highest BCUT2D eigenvalue weighted by Crippen LogP contribution is 2.35. The minimum absolute atomic E-state index is 0.0838. The van der Waals surface area contributed by atoms with Crippen LogP contribution in [0.3, 0.4) is 0 Å². The summed E-state index contributed by atoms with van der Waals surface area (Å²) >= 11 is 9.37. The maximum Gasteiger partial charge on any atom is 0.312 e. The average Bonchev–Trinajstić information content (AvgIpc) is 2.62. The molecule has 2 aromatic rings. The normalized spacial score (nSPS) is 10.7. The van der Waals surface area contributed by atoms with E-state index >= 15 is 0 Å². The molecule has 1 aromatic heterocycles. The van der Waals surface area contributed by atoms with Gasteiger partial charge in [-0.2, -0.15) is 5.10 Å². The van der Waals surface area contributed by atoms with Crippen LogP contribution in [0, 0.1) is 24.0 Å². The zero-order chi connectivity index (χ0) is 15.7. The second-order valence-electron chi connectivity index (χ2n) is 4.60. The highest BCUT2D eigenvalue weighted by Gasteiger charge is 2.20. The Labute approximate surface area is 134 Å². The molecule has 0 amide bonds. The molecule has 0 radical (unpaired) electrons. The third kappa shape index (κ3) is 3.19. The predicted octanol–water partition coefficient (Wildman–Crippen LogP) is 3.94. The van der Waals surface area contributed by atoms with Gasteiger partial charge in [0.25, 0.3) is 0 Å². The molecule has 1 aromatic carbocycles. The lowest BCUT2D eigenvalue weighted by Gasteiger charge is -2.10. The van der Waals surface area contributed by atoms with Gasteiger partial charge in [-0.1, -0.05) is 27.5 Å². The first-order valence-electron chi connectivity index (χ1n) is 6.06. The van der Waals surface area contributed by atoms with E-state index in [0.29, 0.717) is 15.2 Å². The second kappa shape index (κ2) is 6.03.